The predicted octanol–water partition coefficient (Wildman–Crippen LogP) is 3.72. The molecule has 0 bridgehead atoms. The first-order valence-electron chi connectivity index (χ1n) is 6.62. The van der Waals surface area contributed by atoms with Gasteiger partial charge >= 0.3 is 0 Å². The van der Waals surface area contributed by atoms with Crippen molar-refractivity contribution in [2.24, 2.45) is 0 Å². The third kappa shape index (κ3) is 2.86. The molecule has 3 rings (SSSR count). The summed E-state index contributed by atoms with van der Waals surface area (Å²) in [4.78, 5) is 0.772. The topological polar surface area (TPSA) is 24.5 Å². The minimum absolute atomic E-state index is 0.625. The Morgan fingerprint density at radius 3 is 2.36 bits per heavy atom. The van der Waals surface area contributed by atoms with E-state index in [0.717, 1.165) is 21.7 Å². The van der Waals surface area contributed by atoms with Crippen LogP contribution in [0.1, 0.15) is 0 Å². The van der Waals surface area contributed by atoms with Crippen LogP contribution in [-0.2, 0) is 11.8 Å². The number of hydrogen-bond acceptors (Lipinski definition) is 3. The van der Waals surface area contributed by atoms with Gasteiger partial charge in [-0.1, -0.05) is 23.8 Å². The van der Waals surface area contributed by atoms with E-state index in [-0.39, 0.29) is 0 Å². The molecule has 2 aromatic carbocycles. The van der Waals surface area contributed by atoms with E-state index in [2.05, 4.69) is 9.76 Å². The van der Waals surface area contributed by atoms with E-state index >= 15 is 0 Å². The molecule has 0 saturated carbocycles. The number of methoxy groups -OCH3 is 1. The Labute approximate surface area is 145 Å². The van der Waals surface area contributed by atoms with Gasteiger partial charge in [-0.15, -0.1) is 0 Å². The van der Waals surface area contributed by atoms with Crippen LogP contribution < -0.4 is 19.8 Å². The highest BCUT2D eigenvalue weighted by atomic mass is 35.5. The molecule has 0 spiro atoms. The number of nitrogens with one attached hydrogen (secondary N) is 1. The zero-order chi connectivity index (χ0) is 15.7. The lowest BCUT2D eigenvalue weighted by atomic mass is 10.3. The lowest BCUT2D eigenvalue weighted by Gasteiger charge is -2.29. The van der Waals surface area contributed by atoms with Crippen molar-refractivity contribution in [1.82, 2.24) is 5.09 Å². The molecule has 7 heteroatoms. The molecule has 1 atom stereocenters. The molecular formula is C15H14ClN2OPS2. The maximum Gasteiger partial charge on any atom is 0.151 e. The van der Waals surface area contributed by atoms with E-state index in [1.165, 1.54) is 0 Å². The van der Waals surface area contributed by atoms with Gasteiger partial charge in [0.1, 0.15) is 10.7 Å². The minimum Gasteiger partial charge on any atom is -0.497 e. The fourth-order valence-electron chi connectivity index (χ4n) is 2.36. The van der Waals surface area contributed by atoms with E-state index in [4.69, 9.17) is 40.4 Å². The number of hydrogen-bond donors (Lipinski definition) is 1. The summed E-state index contributed by atoms with van der Waals surface area (Å²) in [7, 11) is 1.65. The Kier molecular flexibility index (Phi) is 4.42. The highest BCUT2D eigenvalue weighted by molar-refractivity contribution is 8.18. The quantitative estimate of drug-likeness (QED) is 0.657. The number of benzene rings is 2. The SMILES string of the molecule is COc1ccc(P2(=S)NC(=S)CN2c2ccc(Cl)cc2)cc1. The molecular weight excluding hydrogens is 355 g/mol. The van der Waals surface area contributed by atoms with Crippen LogP contribution in [0.2, 0.25) is 5.02 Å². The lowest BCUT2D eigenvalue weighted by Crippen LogP contribution is -2.23. The van der Waals surface area contributed by atoms with Crippen molar-refractivity contribution in [2.45, 2.75) is 0 Å². The van der Waals surface area contributed by atoms with Crippen molar-refractivity contribution in [3.63, 3.8) is 0 Å². The van der Waals surface area contributed by atoms with Crippen molar-refractivity contribution in [3.8, 4) is 5.75 Å². The van der Waals surface area contributed by atoms with Crippen LogP contribution in [0.25, 0.3) is 0 Å². The Morgan fingerprint density at radius 1 is 1.14 bits per heavy atom. The van der Waals surface area contributed by atoms with E-state index in [1.807, 2.05) is 48.5 Å². The number of halogens is 1. The average molecular weight is 369 g/mol. The van der Waals surface area contributed by atoms with Gasteiger partial charge in [0.2, 0.25) is 0 Å². The first-order chi connectivity index (χ1) is 10.5. The average Bonchev–Trinajstić information content (AvgIpc) is 2.84. The maximum atomic E-state index is 5.99. The highest BCUT2D eigenvalue weighted by Crippen LogP contribution is 2.51. The number of anilines is 1. The van der Waals surface area contributed by atoms with Gasteiger partial charge in [0.25, 0.3) is 0 Å². The van der Waals surface area contributed by atoms with Crippen LogP contribution in [-0.4, -0.2) is 18.6 Å². The number of ether oxygens (including phenoxy) is 1. The molecule has 0 amide bonds. The number of rotatable bonds is 3. The van der Waals surface area contributed by atoms with Gasteiger partial charge in [-0.25, -0.2) is 0 Å². The zero-order valence-electron chi connectivity index (χ0n) is 11.8. The van der Waals surface area contributed by atoms with Crippen LogP contribution in [0, 0.1) is 0 Å². The molecule has 0 aromatic heterocycles. The van der Waals surface area contributed by atoms with Crippen molar-refractivity contribution in [2.75, 3.05) is 18.3 Å². The van der Waals surface area contributed by atoms with Crippen LogP contribution in [0.5, 0.6) is 5.75 Å². The van der Waals surface area contributed by atoms with Gasteiger partial charge in [-0.3, -0.25) is 0 Å². The summed E-state index contributed by atoms with van der Waals surface area (Å²) in [5, 5.41) is 5.12. The molecule has 1 fully saturated rings. The van der Waals surface area contributed by atoms with Gasteiger partial charge in [-0.2, -0.15) is 0 Å². The largest absolute Gasteiger partial charge is 0.497 e. The Balaban J connectivity index is 2.03. The van der Waals surface area contributed by atoms with Crippen LogP contribution in [0.15, 0.2) is 48.5 Å². The molecule has 1 unspecified atom stereocenters. The van der Waals surface area contributed by atoms with Gasteiger partial charge in [0.15, 0.2) is 6.34 Å². The van der Waals surface area contributed by atoms with E-state index < -0.39 is 6.34 Å². The van der Waals surface area contributed by atoms with Crippen molar-refractivity contribution < 1.29 is 4.74 Å². The Bertz CT molecular complexity index is 749. The van der Waals surface area contributed by atoms with E-state index in [9.17, 15) is 0 Å². The summed E-state index contributed by atoms with van der Waals surface area (Å²) in [5.41, 5.74) is 1.02. The summed E-state index contributed by atoms with van der Waals surface area (Å²) >= 11 is 17.3. The summed E-state index contributed by atoms with van der Waals surface area (Å²) in [6.07, 6.45) is -2.18. The van der Waals surface area contributed by atoms with Gasteiger partial charge in [0, 0.05) is 16.0 Å². The van der Waals surface area contributed by atoms with Gasteiger partial charge in [0.05, 0.1) is 13.7 Å². The van der Waals surface area contributed by atoms with Crippen LogP contribution in [0.4, 0.5) is 5.69 Å². The first-order valence-corrected chi connectivity index (χ1v) is 10.2. The second-order valence-electron chi connectivity index (χ2n) is 4.84. The fraction of sp³-hybridized carbons (Fsp3) is 0.133. The molecule has 1 saturated heterocycles. The predicted molar refractivity (Wildman–Crippen MR) is 101 cm³/mol. The Hall–Kier alpha value is -1.13. The standard InChI is InChI=1S/C15H14ClN2OPS2/c1-19-13-6-8-14(9-7-13)20(22)17-15(21)10-18(20)12-4-2-11(16)3-5-12/h2-9H,10H2,1H3,(H,17,21,22). The molecule has 2 aromatic rings. The zero-order valence-corrected chi connectivity index (χ0v) is 15.1. The molecule has 1 heterocycles. The highest BCUT2D eigenvalue weighted by Gasteiger charge is 2.35. The van der Waals surface area contributed by atoms with Crippen molar-refractivity contribution >= 4 is 57.9 Å². The first kappa shape index (κ1) is 15.8. The summed E-state index contributed by atoms with van der Waals surface area (Å²) in [6.45, 7) is 0.625. The fourth-order valence-corrected chi connectivity index (χ4v) is 6.72. The summed E-state index contributed by atoms with van der Waals surface area (Å²) < 4.78 is 7.38. The number of thiocarbonyl (C=S) groups is 1. The third-order valence-electron chi connectivity index (χ3n) is 3.46. The van der Waals surface area contributed by atoms with E-state index in [0.29, 0.717) is 11.6 Å². The molecule has 0 radical (unpaired) electrons. The van der Waals surface area contributed by atoms with Crippen molar-refractivity contribution in [1.29, 1.82) is 0 Å². The van der Waals surface area contributed by atoms with E-state index in [1.54, 1.807) is 7.11 Å². The normalized spacial score (nSPS) is 20.8. The van der Waals surface area contributed by atoms with Gasteiger partial charge < -0.3 is 14.5 Å². The smallest absolute Gasteiger partial charge is 0.151 e. The molecule has 22 heavy (non-hydrogen) atoms. The Morgan fingerprint density at radius 2 is 1.77 bits per heavy atom. The molecule has 114 valence electrons. The lowest BCUT2D eigenvalue weighted by molar-refractivity contribution is 0.415. The summed E-state index contributed by atoms with van der Waals surface area (Å²) in [6, 6.07) is 15.5. The minimum atomic E-state index is -2.18. The van der Waals surface area contributed by atoms with Gasteiger partial charge in [-0.05, 0) is 60.3 Å². The molecule has 1 aliphatic heterocycles. The summed E-state index contributed by atoms with van der Waals surface area (Å²) in [5.74, 6) is 0.810. The maximum absolute atomic E-state index is 5.99. The molecule has 3 nitrogen and oxygen atoms in total. The van der Waals surface area contributed by atoms with Crippen LogP contribution >= 0.6 is 30.2 Å². The monoisotopic (exact) mass is 368 g/mol. The third-order valence-corrected chi connectivity index (χ3v) is 8.21. The molecule has 0 aliphatic carbocycles. The second-order valence-corrected chi connectivity index (χ2v) is 9.73. The molecule has 1 N–H and O–H groups in total. The molecule has 1 aliphatic rings. The number of nitrogens with zero attached hydrogens (tertiary/aromatic N) is 1. The van der Waals surface area contributed by atoms with Crippen LogP contribution in [0.3, 0.4) is 0 Å². The second kappa shape index (κ2) is 6.17. The van der Waals surface area contributed by atoms with Crippen molar-refractivity contribution in [3.05, 3.63) is 53.6 Å².